The minimum Gasteiger partial charge on any atom is -0.439 e. The normalized spacial score (nSPS) is 16.8. The van der Waals surface area contributed by atoms with Crippen LogP contribution in [0.5, 0.6) is 11.6 Å². The number of alkyl halides is 3. The third kappa shape index (κ3) is 5.82. The minimum atomic E-state index is -4.40. The number of hydrogen-bond acceptors (Lipinski definition) is 6. The number of amidine groups is 1. The van der Waals surface area contributed by atoms with Crippen molar-refractivity contribution >= 4 is 29.0 Å². The van der Waals surface area contributed by atoms with Gasteiger partial charge in [0.05, 0.1) is 16.9 Å². The summed E-state index contributed by atoms with van der Waals surface area (Å²) in [4.78, 5) is 17.5. The molecule has 1 saturated heterocycles. The van der Waals surface area contributed by atoms with Crippen LogP contribution in [0.25, 0.3) is 0 Å². The second-order valence-electron chi connectivity index (χ2n) is 8.74. The highest BCUT2D eigenvalue weighted by Crippen LogP contribution is 2.35. The topological polar surface area (TPSA) is 53.9 Å². The average Bonchev–Trinajstić information content (AvgIpc) is 3.28. The summed E-state index contributed by atoms with van der Waals surface area (Å²) in [6, 6.07) is 12.8. The highest BCUT2D eigenvalue weighted by molar-refractivity contribution is 7.99. The zero-order valence-corrected chi connectivity index (χ0v) is 20.6. The van der Waals surface area contributed by atoms with Crippen LogP contribution in [0.3, 0.4) is 0 Å². The van der Waals surface area contributed by atoms with Crippen molar-refractivity contribution in [2.24, 2.45) is 4.99 Å². The van der Waals surface area contributed by atoms with Gasteiger partial charge in [0.15, 0.2) is 0 Å². The molecule has 36 heavy (non-hydrogen) atoms. The van der Waals surface area contributed by atoms with E-state index in [1.165, 1.54) is 12.4 Å². The number of fused-ring (bicyclic) bond motifs is 1. The van der Waals surface area contributed by atoms with Crippen molar-refractivity contribution < 1.29 is 17.9 Å². The van der Waals surface area contributed by atoms with Crippen LogP contribution >= 0.6 is 11.8 Å². The highest BCUT2D eigenvalue weighted by Gasteiger charge is 2.30. The highest BCUT2D eigenvalue weighted by atomic mass is 32.2. The van der Waals surface area contributed by atoms with Crippen molar-refractivity contribution in [1.82, 2.24) is 14.9 Å². The summed E-state index contributed by atoms with van der Waals surface area (Å²) in [6.45, 7) is 5.40. The number of hydrogen-bond donors (Lipinski definition) is 0. The zero-order valence-electron chi connectivity index (χ0n) is 19.8. The van der Waals surface area contributed by atoms with E-state index in [1.54, 1.807) is 6.07 Å². The lowest BCUT2D eigenvalue weighted by Gasteiger charge is -2.25. The molecule has 0 aliphatic carbocycles. The quantitative estimate of drug-likeness (QED) is 0.311. The smallest absolute Gasteiger partial charge is 0.416 e. The number of rotatable bonds is 5. The summed E-state index contributed by atoms with van der Waals surface area (Å²) >= 11 is 1.98. The molecule has 6 nitrogen and oxygen atoms in total. The van der Waals surface area contributed by atoms with E-state index in [0.717, 1.165) is 66.6 Å². The first kappa shape index (κ1) is 24.6. The predicted molar refractivity (Wildman–Crippen MR) is 136 cm³/mol. The maximum Gasteiger partial charge on any atom is 0.416 e. The number of nitrogens with zero attached hydrogens (tertiary/aromatic N) is 5. The van der Waals surface area contributed by atoms with Crippen molar-refractivity contribution in [2.45, 2.75) is 26.1 Å². The molecule has 1 fully saturated rings. The lowest BCUT2D eigenvalue weighted by molar-refractivity contribution is -0.137. The molecule has 3 aromatic rings. The molecule has 0 unspecified atom stereocenters. The van der Waals surface area contributed by atoms with E-state index >= 15 is 0 Å². The number of benzene rings is 2. The van der Waals surface area contributed by atoms with Crippen molar-refractivity contribution in [3.05, 3.63) is 71.7 Å². The van der Waals surface area contributed by atoms with Crippen LogP contribution in [0.15, 0.2) is 59.9 Å². The van der Waals surface area contributed by atoms with Crippen LogP contribution in [0.2, 0.25) is 0 Å². The number of aliphatic imine (C=N–C) groups is 1. The first-order valence-corrected chi connectivity index (χ1v) is 12.9. The van der Waals surface area contributed by atoms with Gasteiger partial charge in [0.1, 0.15) is 17.9 Å². The third-order valence-electron chi connectivity index (χ3n) is 6.21. The number of anilines is 1. The van der Waals surface area contributed by atoms with E-state index < -0.39 is 11.7 Å². The van der Waals surface area contributed by atoms with E-state index in [2.05, 4.69) is 19.9 Å². The molecule has 1 aromatic heterocycles. The molecule has 0 radical (unpaired) electrons. The number of thioether (sulfide) groups is 1. The zero-order chi connectivity index (χ0) is 25.1. The van der Waals surface area contributed by atoms with Gasteiger partial charge in [0.25, 0.3) is 0 Å². The van der Waals surface area contributed by atoms with Crippen LogP contribution in [0, 0.1) is 0 Å². The molecule has 3 heterocycles. The van der Waals surface area contributed by atoms with E-state index in [4.69, 9.17) is 4.74 Å². The van der Waals surface area contributed by atoms with Gasteiger partial charge in [0.2, 0.25) is 5.88 Å². The minimum absolute atomic E-state index is 0.276. The molecule has 0 bridgehead atoms. The van der Waals surface area contributed by atoms with Crippen molar-refractivity contribution in [3.63, 3.8) is 0 Å². The SMILES string of the molecule is CC(=Nc1cccc(C(F)(F)F)c1)N1CCc2cc(Oc3cc(CN4CCSCC4)ncn3)ccc21. The number of halogens is 3. The van der Waals surface area contributed by atoms with E-state index in [-0.39, 0.29) is 5.69 Å². The fraction of sp³-hybridized carbons (Fsp3) is 0.346. The Labute approximate surface area is 212 Å². The largest absolute Gasteiger partial charge is 0.439 e. The lowest BCUT2D eigenvalue weighted by Crippen LogP contribution is -2.32. The Morgan fingerprint density at radius 2 is 1.89 bits per heavy atom. The molecule has 5 rings (SSSR count). The molecular weight excluding hydrogens is 487 g/mol. The van der Waals surface area contributed by atoms with Gasteiger partial charge in [0, 0.05) is 49.4 Å². The summed E-state index contributed by atoms with van der Waals surface area (Å²) in [5.41, 5.74) is 2.57. The fourth-order valence-corrected chi connectivity index (χ4v) is 5.38. The molecule has 0 N–H and O–H groups in total. The van der Waals surface area contributed by atoms with E-state index in [0.29, 0.717) is 24.0 Å². The van der Waals surface area contributed by atoms with Crippen molar-refractivity contribution in [1.29, 1.82) is 0 Å². The summed E-state index contributed by atoms with van der Waals surface area (Å²) < 4.78 is 45.2. The lowest BCUT2D eigenvalue weighted by atomic mass is 10.1. The molecule has 10 heteroatoms. The van der Waals surface area contributed by atoms with Crippen LogP contribution in [-0.2, 0) is 19.1 Å². The molecule has 188 valence electrons. The molecule has 2 aliphatic heterocycles. The monoisotopic (exact) mass is 513 g/mol. The average molecular weight is 514 g/mol. The molecule has 2 aliphatic rings. The third-order valence-corrected chi connectivity index (χ3v) is 7.15. The van der Waals surface area contributed by atoms with Gasteiger partial charge in [-0.2, -0.15) is 24.9 Å². The van der Waals surface area contributed by atoms with Gasteiger partial charge in [-0.3, -0.25) is 4.90 Å². The van der Waals surface area contributed by atoms with Crippen LogP contribution in [0.4, 0.5) is 24.5 Å². The Morgan fingerprint density at radius 3 is 2.69 bits per heavy atom. The van der Waals surface area contributed by atoms with Crippen LogP contribution in [0.1, 0.15) is 23.7 Å². The van der Waals surface area contributed by atoms with Crippen molar-refractivity contribution in [2.75, 3.05) is 36.0 Å². The Hall–Kier alpha value is -3.11. The van der Waals surface area contributed by atoms with Gasteiger partial charge in [-0.1, -0.05) is 6.07 Å². The van der Waals surface area contributed by atoms with Crippen LogP contribution in [-0.4, -0.2) is 51.8 Å². The molecule has 0 atom stereocenters. The van der Waals surface area contributed by atoms with Gasteiger partial charge < -0.3 is 9.64 Å². The van der Waals surface area contributed by atoms with E-state index in [9.17, 15) is 13.2 Å². The number of aromatic nitrogens is 2. The fourth-order valence-electron chi connectivity index (χ4n) is 4.41. The maximum absolute atomic E-state index is 13.0. The molecular formula is C26H26F3N5OS. The standard InChI is InChI=1S/C26H26F3N5OS/c1-18(32-21-4-2-3-20(14-21)26(27,28)29)34-8-7-19-13-23(5-6-24(19)34)35-25-15-22(30-17-31-25)16-33-9-11-36-12-10-33/h2-6,13-15,17H,7-12,16H2,1H3. The molecule has 0 saturated carbocycles. The second kappa shape index (κ2) is 10.5. The van der Waals surface area contributed by atoms with Gasteiger partial charge in [-0.05, 0) is 55.3 Å². The van der Waals surface area contributed by atoms with Crippen molar-refractivity contribution in [3.8, 4) is 11.6 Å². The summed E-state index contributed by atoms with van der Waals surface area (Å²) in [7, 11) is 0. The Morgan fingerprint density at radius 1 is 1.06 bits per heavy atom. The van der Waals surface area contributed by atoms with Gasteiger partial charge in [-0.25, -0.2) is 15.0 Å². The summed E-state index contributed by atoms with van der Waals surface area (Å²) in [5.74, 6) is 4.11. The first-order chi connectivity index (χ1) is 17.3. The van der Waals surface area contributed by atoms with Crippen LogP contribution < -0.4 is 9.64 Å². The Balaban J connectivity index is 1.28. The first-order valence-electron chi connectivity index (χ1n) is 11.8. The maximum atomic E-state index is 13.0. The second-order valence-corrected chi connectivity index (χ2v) is 9.96. The van der Waals surface area contributed by atoms with Gasteiger partial charge in [-0.15, -0.1) is 0 Å². The summed E-state index contributed by atoms with van der Waals surface area (Å²) in [6.07, 6.45) is -2.08. The van der Waals surface area contributed by atoms with Gasteiger partial charge >= 0.3 is 6.18 Å². The molecule has 2 aromatic carbocycles. The van der Waals surface area contributed by atoms with E-state index in [1.807, 2.05) is 47.9 Å². The number of ether oxygens (including phenoxy) is 1. The Bertz CT molecular complexity index is 1260. The molecule has 0 amide bonds. The predicted octanol–water partition coefficient (Wildman–Crippen LogP) is 5.95. The Kier molecular flexibility index (Phi) is 7.15. The molecule has 0 spiro atoms. The summed E-state index contributed by atoms with van der Waals surface area (Å²) in [5, 5.41) is 0.